The van der Waals surface area contributed by atoms with Gasteiger partial charge in [-0.05, 0) is 66.8 Å². The number of thiocarbonyl (C=S) groups is 1. The molecule has 0 spiro atoms. The molecule has 6 heterocycles. The maximum Gasteiger partial charge on any atom is 0.323 e. The van der Waals surface area contributed by atoms with Gasteiger partial charge in [-0.2, -0.15) is 0 Å². The van der Waals surface area contributed by atoms with Crippen molar-refractivity contribution in [1.29, 1.82) is 0 Å². The molecule has 7 N–H and O–H groups in total. The molecule has 7 rings (SSSR count). The summed E-state index contributed by atoms with van der Waals surface area (Å²) in [7, 11) is 0. The number of ketones is 1. The largest absolute Gasteiger partial charge is 0.377 e. The Morgan fingerprint density at radius 2 is 1.33 bits per heavy atom. The molecule has 1 aliphatic heterocycles. The lowest BCUT2D eigenvalue weighted by Gasteiger charge is -2.34. The fraction of sp³-hybridized carbons (Fsp3) is 0.139. The van der Waals surface area contributed by atoms with Crippen LogP contribution < -0.4 is 22.5 Å². The molecule has 19 heteroatoms. The van der Waals surface area contributed by atoms with Crippen LogP contribution in [0.4, 0.5) is 19.4 Å². The number of carbonyl (C=O) groups is 3. The predicted octanol–water partition coefficient (Wildman–Crippen LogP) is 5.97. The SMILES string of the molecule is NC(N)=S.Nc1nc(-c2ccccn2)cs1.O=C(CBr)c1ccccn1.O=C(Nc1nc(-c2ccccn2)cs1)N1CCN(C(=O)c2cccc(F)c2)CC1. The van der Waals surface area contributed by atoms with Crippen molar-refractivity contribution >= 4 is 83.9 Å². The number of carbonyl (C=O) groups excluding carboxylic acids is 3. The number of pyridine rings is 3. The van der Waals surface area contributed by atoms with Gasteiger partial charge in [0, 0.05) is 61.1 Å². The number of piperazine rings is 1. The molecule has 1 aromatic carbocycles. The van der Waals surface area contributed by atoms with Gasteiger partial charge in [0.05, 0.1) is 16.7 Å². The van der Waals surface area contributed by atoms with Gasteiger partial charge in [0.2, 0.25) is 0 Å². The second kappa shape index (κ2) is 21.8. The molecule has 0 radical (unpaired) electrons. The molecule has 0 unspecified atom stereocenters. The van der Waals surface area contributed by atoms with E-state index in [1.54, 1.807) is 52.7 Å². The summed E-state index contributed by atoms with van der Waals surface area (Å²) in [5.74, 6) is -0.660. The number of Topliss-reactive ketones (excluding diaryl/α,β-unsaturated/α-hetero) is 1. The van der Waals surface area contributed by atoms with Gasteiger partial charge in [-0.25, -0.2) is 19.2 Å². The predicted molar refractivity (Wildman–Crippen MR) is 221 cm³/mol. The summed E-state index contributed by atoms with van der Waals surface area (Å²) in [4.78, 5) is 60.0. The van der Waals surface area contributed by atoms with Gasteiger partial charge in [0.25, 0.3) is 5.91 Å². The standard InChI is InChI=1S/C20H18FN5O2S.C8H7N3S.C7H6BrNO.CH4N2S/c21-15-5-3-4-14(12-15)18(27)25-8-10-26(11-9-25)20(28)24-19-23-17(13-29-19)16-6-1-2-7-22-16;9-8-11-7(5-12-8)6-3-1-2-4-10-6;8-5-7(10)6-3-1-2-4-9-6;2-1(3)4/h1-7,12-13H,8-11H2,(H,23,24,28);1-5H,(H2,9,11);1-4H,5H2;(H4,2,3,4). The van der Waals surface area contributed by atoms with Crippen LogP contribution in [0.5, 0.6) is 0 Å². The Kier molecular flexibility index (Phi) is 16.7. The zero-order valence-corrected chi connectivity index (χ0v) is 33.0. The molecule has 3 amide bonds. The van der Waals surface area contributed by atoms with Crippen LogP contribution >= 0.6 is 50.8 Å². The van der Waals surface area contributed by atoms with E-state index in [4.69, 9.17) is 5.73 Å². The number of nitrogens with one attached hydrogen (secondary N) is 1. The van der Waals surface area contributed by atoms with Crippen LogP contribution in [0.15, 0.2) is 108 Å². The third-order valence-corrected chi connectivity index (χ3v) is 9.03. The van der Waals surface area contributed by atoms with E-state index in [-0.39, 0.29) is 22.8 Å². The lowest BCUT2D eigenvalue weighted by Crippen LogP contribution is -2.51. The lowest BCUT2D eigenvalue weighted by atomic mass is 10.2. The van der Waals surface area contributed by atoms with E-state index >= 15 is 0 Å². The molecule has 0 saturated carbocycles. The Morgan fingerprint density at radius 3 is 1.84 bits per heavy atom. The molecule has 6 aromatic rings. The van der Waals surface area contributed by atoms with Crippen LogP contribution in [-0.4, -0.2) is 89.1 Å². The Labute approximate surface area is 337 Å². The number of hydrogen-bond donors (Lipinski definition) is 4. The first-order valence-electron chi connectivity index (χ1n) is 16.2. The molecular formula is C36H35BrFN11O3S3. The highest BCUT2D eigenvalue weighted by Crippen LogP contribution is 2.24. The van der Waals surface area contributed by atoms with Crippen molar-refractivity contribution in [2.24, 2.45) is 11.5 Å². The molecule has 0 aliphatic carbocycles. The van der Waals surface area contributed by atoms with Crippen LogP contribution in [0.3, 0.4) is 0 Å². The molecule has 284 valence electrons. The summed E-state index contributed by atoms with van der Waals surface area (Å²) in [6.07, 6.45) is 5.04. The minimum absolute atomic E-state index is 0.000000000000000222. The maximum absolute atomic E-state index is 13.3. The van der Waals surface area contributed by atoms with Gasteiger partial charge in [0.1, 0.15) is 22.9 Å². The first kappa shape index (κ1) is 42.0. The summed E-state index contributed by atoms with van der Waals surface area (Å²) < 4.78 is 13.3. The molecule has 1 saturated heterocycles. The Morgan fingerprint density at radius 1 is 0.764 bits per heavy atom. The summed E-state index contributed by atoms with van der Waals surface area (Å²) in [6, 6.07) is 21.9. The number of halogens is 2. The highest BCUT2D eigenvalue weighted by atomic mass is 79.9. The second-order valence-corrected chi connectivity index (χ2v) is 13.7. The van der Waals surface area contributed by atoms with Crippen molar-refractivity contribution in [3.63, 3.8) is 0 Å². The van der Waals surface area contributed by atoms with Crippen molar-refractivity contribution in [2.45, 2.75) is 0 Å². The third kappa shape index (κ3) is 13.9. The fourth-order valence-corrected chi connectivity index (χ4v) is 6.10. The van der Waals surface area contributed by atoms with Crippen LogP contribution in [-0.2, 0) is 0 Å². The Hall–Kier alpha value is -5.76. The van der Waals surface area contributed by atoms with Crippen molar-refractivity contribution < 1.29 is 18.8 Å². The van der Waals surface area contributed by atoms with Crippen LogP contribution in [0.25, 0.3) is 22.8 Å². The van der Waals surface area contributed by atoms with Crippen molar-refractivity contribution in [1.82, 2.24) is 34.7 Å². The van der Waals surface area contributed by atoms with E-state index in [0.717, 1.165) is 17.1 Å². The molecule has 5 aromatic heterocycles. The molecule has 14 nitrogen and oxygen atoms in total. The minimum atomic E-state index is -0.442. The third-order valence-electron chi connectivity index (χ3n) is 7.09. The number of nitrogens with two attached hydrogens (primary N) is 3. The summed E-state index contributed by atoms with van der Waals surface area (Å²) >= 11 is 9.91. The first-order chi connectivity index (χ1) is 26.5. The van der Waals surface area contributed by atoms with E-state index in [1.807, 2.05) is 47.2 Å². The van der Waals surface area contributed by atoms with E-state index in [0.29, 0.717) is 58.7 Å². The number of alkyl halides is 1. The number of aromatic nitrogens is 5. The quantitative estimate of drug-likeness (QED) is 0.0867. The monoisotopic (exact) mass is 863 g/mol. The maximum atomic E-state index is 13.3. The van der Waals surface area contributed by atoms with Crippen LogP contribution in [0, 0.1) is 5.82 Å². The van der Waals surface area contributed by atoms with Gasteiger partial charge in [0.15, 0.2) is 21.2 Å². The number of thiazole rings is 2. The number of amides is 3. The smallest absolute Gasteiger partial charge is 0.323 e. The summed E-state index contributed by atoms with van der Waals surface area (Å²) in [5, 5.41) is 7.95. The fourth-order valence-electron chi connectivity index (χ4n) is 4.57. The van der Waals surface area contributed by atoms with Crippen molar-refractivity contribution in [2.75, 3.05) is 42.6 Å². The number of anilines is 2. The van der Waals surface area contributed by atoms with E-state index in [9.17, 15) is 18.8 Å². The van der Waals surface area contributed by atoms with Crippen molar-refractivity contribution in [3.05, 3.63) is 125 Å². The molecular weight excluding hydrogens is 830 g/mol. The molecule has 1 fully saturated rings. The molecule has 0 atom stereocenters. The highest BCUT2D eigenvalue weighted by molar-refractivity contribution is 9.09. The summed E-state index contributed by atoms with van der Waals surface area (Å²) in [6.45, 7) is 1.57. The second-order valence-electron chi connectivity index (χ2n) is 10.9. The zero-order chi connectivity index (χ0) is 39.6. The Balaban J connectivity index is 0.000000210. The number of rotatable bonds is 6. The van der Waals surface area contributed by atoms with E-state index < -0.39 is 5.82 Å². The lowest BCUT2D eigenvalue weighted by molar-refractivity contribution is 0.0671. The number of urea groups is 1. The number of hydrogen-bond acceptors (Lipinski definition) is 12. The normalized spacial score (nSPS) is 11.7. The van der Waals surface area contributed by atoms with Gasteiger partial charge >= 0.3 is 6.03 Å². The molecule has 55 heavy (non-hydrogen) atoms. The van der Waals surface area contributed by atoms with Crippen LogP contribution in [0.2, 0.25) is 0 Å². The minimum Gasteiger partial charge on any atom is -0.377 e. The van der Waals surface area contributed by atoms with Gasteiger partial charge in [-0.1, -0.05) is 40.2 Å². The number of nitrogens with zero attached hydrogens (tertiary/aromatic N) is 7. The number of benzene rings is 1. The van der Waals surface area contributed by atoms with Gasteiger partial charge in [-0.15, -0.1) is 22.7 Å². The average molecular weight is 865 g/mol. The number of nitrogen functional groups attached to an aromatic ring is 1. The van der Waals surface area contributed by atoms with E-state index in [2.05, 4.69) is 69.9 Å². The highest BCUT2D eigenvalue weighted by Gasteiger charge is 2.25. The first-order valence-corrected chi connectivity index (χ1v) is 19.5. The Bertz CT molecular complexity index is 2130. The average Bonchev–Trinajstić information content (AvgIpc) is 3.88. The zero-order valence-electron chi connectivity index (χ0n) is 29.0. The topological polar surface area (TPSA) is 212 Å². The molecule has 1 aliphatic rings. The molecule has 0 bridgehead atoms. The van der Waals surface area contributed by atoms with Crippen LogP contribution in [0.1, 0.15) is 20.8 Å². The van der Waals surface area contributed by atoms with E-state index in [1.165, 1.54) is 40.9 Å². The van der Waals surface area contributed by atoms with Gasteiger partial charge in [-0.3, -0.25) is 29.9 Å². The van der Waals surface area contributed by atoms with Crippen molar-refractivity contribution in [3.8, 4) is 22.8 Å². The van der Waals surface area contributed by atoms with Gasteiger partial charge < -0.3 is 27.0 Å². The summed E-state index contributed by atoms with van der Waals surface area (Å²) in [5.41, 5.74) is 18.7.